The molecule has 0 fully saturated rings. The number of ether oxygens (including phenoxy) is 1. The molecule has 0 bridgehead atoms. The van der Waals surface area contributed by atoms with Gasteiger partial charge in [0.25, 0.3) is 0 Å². The van der Waals surface area contributed by atoms with Crippen molar-refractivity contribution in [1.29, 1.82) is 0 Å². The average molecular weight is 251 g/mol. The first-order valence-corrected chi connectivity index (χ1v) is 5.63. The minimum Gasteiger partial charge on any atom is -0.480 e. The smallest absolute Gasteiger partial charge is 0.328 e. The number of aliphatic carboxylic acids is 1. The Morgan fingerprint density at radius 3 is 2.17 bits per heavy atom. The molecule has 2 unspecified atom stereocenters. The van der Waals surface area contributed by atoms with Crippen molar-refractivity contribution in [2.45, 2.75) is 25.9 Å². The molecule has 1 aromatic carbocycles. The molecule has 0 aliphatic heterocycles. The van der Waals surface area contributed by atoms with E-state index in [1.165, 1.54) is 18.9 Å². The Hall–Kier alpha value is -2.04. The number of carboxylic acid groups (broad SMARTS) is 1. The fraction of sp³-hybridized carbons (Fsp3) is 0.385. The van der Waals surface area contributed by atoms with Crippen LogP contribution in [-0.4, -0.2) is 36.2 Å². The van der Waals surface area contributed by atoms with Crippen LogP contribution in [0.4, 0.5) is 5.69 Å². The molecule has 5 nitrogen and oxygen atoms in total. The normalized spacial score (nSPS) is 13.5. The second-order valence-electron chi connectivity index (χ2n) is 3.96. The summed E-state index contributed by atoms with van der Waals surface area (Å²) in [7, 11) is 1.29. The number of benzene rings is 1. The van der Waals surface area contributed by atoms with Crippen LogP contribution < -0.4 is 4.90 Å². The summed E-state index contributed by atoms with van der Waals surface area (Å²) in [6.45, 7) is 3.16. The summed E-state index contributed by atoms with van der Waals surface area (Å²) in [5, 5.41) is 9.12. The van der Waals surface area contributed by atoms with Crippen molar-refractivity contribution in [3.63, 3.8) is 0 Å². The largest absolute Gasteiger partial charge is 0.480 e. The average Bonchev–Trinajstić information content (AvgIpc) is 2.38. The van der Waals surface area contributed by atoms with Crippen molar-refractivity contribution in [2.24, 2.45) is 0 Å². The second-order valence-corrected chi connectivity index (χ2v) is 3.96. The number of esters is 1. The molecule has 0 saturated carbocycles. The first-order valence-electron chi connectivity index (χ1n) is 5.63. The quantitative estimate of drug-likeness (QED) is 0.804. The first kappa shape index (κ1) is 14.0. The lowest BCUT2D eigenvalue weighted by molar-refractivity contribution is -0.142. The summed E-state index contributed by atoms with van der Waals surface area (Å²) < 4.78 is 4.67. The lowest BCUT2D eigenvalue weighted by Crippen LogP contribution is -2.48. The van der Waals surface area contributed by atoms with E-state index in [1.807, 2.05) is 6.07 Å². The summed E-state index contributed by atoms with van der Waals surface area (Å²) in [6.07, 6.45) is 0. The van der Waals surface area contributed by atoms with E-state index in [0.29, 0.717) is 5.69 Å². The maximum Gasteiger partial charge on any atom is 0.328 e. The Balaban J connectivity index is 3.10. The van der Waals surface area contributed by atoms with Crippen LogP contribution in [-0.2, 0) is 14.3 Å². The van der Waals surface area contributed by atoms with Crippen LogP contribution >= 0.6 is 0 Å². The minimum absolute atomic E-state index is 0.466. The van der Waals surface area contributed by atoms with Gasteiger partial charge in [0.2, 0.25) is 0 Å². The van der Waals surface area contributed by atoms with E-state index < -0.39 is 24.0 Å². The molecule has 1 rings (SSSR count). The van der Waals surface area contributed by atoms with Crippen LogP contribution in [0.1, 0.15) is 13.8 Å². The fourth-order valence-electron chi connectivity index (χ4n) is 1.79. The molecule has 0 saturated heterocycles. The monoisotopic (exact) mass is 251 g/mol. The van der Waals surface area contributed by atoms with Crippen molar-refractivity contribution in [3.8, 4) is 0 Å². The SMILES string of the molecule is COC(=O)C(C)N(c1ccccc1)C(C)C(=O)O. The summed E-state index contributed by atoms with van der Waals surface area (Å²) in [5.74, 6) is -1.46. The maximum atomic E-state index is 11.6. The van der Waals surface area contributed by atoms with E-state index in [9.17, 15) is 9.59 Å². The van der Waals surface area contributed by atoms with Crippen LogP contribution in [0.25, 0.3) is 0 Å². The van der Waals surface area contributed by atoms with Gasteiger partial charge in [0.15, 0.2) is 0 Å². The van der Waals surface area contributed by atoms with Gasteiger partial charge < -0.3 is 14.7 Å². The molecule has 0 spiro atoms. The number of carbonyl (C=O) groups is 2. The predicted molar refractivity (Wildman–Crippen MR) is 67.5 cm³/mol. The zero-order valence-electron chi connectivity index (χ0n) is 10.7. The lowest BCUT2D eigenvalue weighted by atomic mass is 10.1. The van der Waals surface area contributed by atoms with Crippen LogP contribution in [0.3, 0.4) is 0 Å². The highest BCUT2D eigenvalue weighted by atomic mass is 16.5. The Labute approximate surface area is 106 Å². The molecular weight excluding hydrogens is 234 g/mol. The molecule has 5 heteroatoms. The third-order valence-electron chi connectivity index (χ3n) is 2.79. The van der Waals surface area contributed by atoms with Gasteiger partial charge in [-0.2, -0.15) is 0 Å². The summed E-state index contributed by atoms with van der Waals surface area (Å²) >= 11 is 0. The van der Waals surface area contributed by atoms with Crippen molar-refractivity contribution < 1.29 is 19.4 Å². The van der Waals surface area contributed by atoms with Gasteiger partial charge in [0.1, 0.15) is 12.1 Å². The number of hydrogen-bond donors (Lipinski definition) is 1. The number of carbonyl (C=O) groups excluding carboxylic acids is 1. The molecule has 0 radical (unpaired) electrons. The zero-order chi connectivity index (χ0) is 13.7. The minimum atomic E-state index is -0.991. The van der Waals surface area contributed by atoms with Gasteiger partial charge in [-0.05, 0) is 26.0 Å². The predicted octanol–water partition coefficient (Wildman–Crippen LogP) is 1.53. The molecule has 1 aromatic rings. The number of methoxy groups -OCH3 is 1. The third-order valence-corrected chi connectivity index (χ3v) is 2.79. The molecule has 1 N–H and O–H groups in total. The summed E-state index contributed by atoms with van der Waals surface area (Å²) in [5.41, 5.74) is 0.672. The van der Waals surface area contributed by atoms with Crippen molar-refractivity contribution in [2.75, 3.05) is 12.0 Å². The number of anilines is 1. The van der Waals surface area contributed by atoms with Gasteiger partial charge in [-0.15, -0.1) is 0 Å². The van der Waals surface area contributed by atoms with Crippen LogP contribution in [0.15, 0.2) is 30.3 Å². The van der Waals surface area contributed by atoms with Crippen LogP contribution in [0.5, 0.6) is 0 Å². The Morgan fingerprint density at radius 1 is 1.17 bits per heavy atom. The Kier molecular flexibility index (Phi) is 4.71. The van der Waals surface area contributed by atoms with E-state index in [2.05, 4.69) is 4.74 Å². The fourth-order valence-corrected chi connectivity index (χ4v) is 1.79. The molecule has 0 aromatic heterocycles. The van der Waals surface area contributed by atoms with Crippen LogP contribution in [0.2, 0.25) is 0 Å². The zero-order valence-corrected chi connectivity index (χ0v) is 10.7. The van der Waals surface area contributed by atoms with Gasteiger partial charge in [-0.3, -0.25) is 0 Å². The Bertz CT molecular complexity index is 418. The second kappa shape index (κ2) is 6.05. The summed E-state index contributed by atoms with van der Waals surface area (Å²) in [6, 6.07) is 7.46. The molecule has 0 aliphatic carbocycles. The molecule has 18 heavy (non-hydrogen) atoms. The number of hydrogen-bond acceptors (Lipinski definition) is 4. The van der Waals surface area contributed by atoms with E-state index in [1.54, 1.807) is 31.2 Å². The third kappa shape index (κ3) is 3.00. The molecule has 0 heterocycles. The summed E-state index contributed by atoms with van der Waals surface area (Å²) in [4.78, 5) is 24.3. The first-order chi connectivity index (χ1) is 8.49. The molecule has 2 atom stereocenters. The number of rotatable bonds is 5. The van der Waals surface area contributed by atoms with E-state index in [4.69, 9.17) is 5.11 Å². The molecular formula is C13H17NO4. The highest BCUT2D eigenvalue weighted by molar-refractivity contribution is 5.85. The highest BCUT2D eigenvalue weighted by Crippen LogP contribution is 2.20. The molecule has 0 amide bonds. The number of carboxylic acids is 1. The molecule has 0 aliphatic rings. The van der Waals surface area contributed by atoms with E-state index >= 15 is 0 Å². The molecule has 98 valence electrons. The maximum absolute atomic E-state index is 11.6. The van der Waals surface area contributed by atoms with Gasteiger partial charge in [0, 0.05) is 5.69 Å². The van der Waals surface area contributed by atoms with Gasteiger partial charge >= 0.3 is 11.9 Å². The van der Waals surface area contributed by atoms with E-state index in [-0.39, 0.29) is 0 Å². The Morgan fingerprint density at radius 2 is 1.72 bits per heavy atom. The lowest BCUT2D eigenvalue weighted by Gasteiger charge is -2.32. The van der Waals surface area contributed by atoms with Crippen molar-refractivity contribution >= 4 is 17.6 Å². The van der Waals surface area contributed by atoms with Gasteiger partial charge in [-0.1, -0.05) is 18.2 Å². The standard InChI is InChI=1S/C13H17NO4/c1-9(12(15)16)14(10(2)13(17)18-3)11-7-5-4-6-8-11/h4-10H,1-3H3,(H,15,16). The van der Waals surface area contributed by atoms with E-state index in [0.717, 1.165) is 0 Å². The number of para-hydroxylation sites is 1. The van der Waals surface area contributed by atoms with Crippen molar-refractivity contribution in [3.05, 3.63) is 30.3 Å². The van der Waals surface area contributed by atoms with Gasteiger partial charge in [-0.25, -0.2) is 9.59 Å². The topological polar surface area (TPSA) is 66.8 Å². The number of nitrogens with zero attached hydrogens (tertiary/aromatic N) is 1. The van der Waals surface area contributed by atoms with Gasteiger partial charge in [0.05, 0.1) is 7.11 Å². The highest BCUT2D eigenvalue weighted by Gasteiger charge is 2.30. The van der Waals surface area contributed by atoms with Crippen LogP contribution in [0, 0.1) is 0 Å². The van der Waals surface area contributed by atoms with Crippen molar-refractivity contribution in [1.82, 2.24) is 0 Å².